The zero-order valence-electron chi connectivity index (χ0n) is 7.72. The van der Waals surface area contributed by atoms with E-state index in [-0.39, 0.29) is 12.4 Å². The van der Waals surface area contributed by atoms with E-state index in [1.165, 1.54) is 25.7 Å². The van der Waals surface area contributed by atoms with Gasteiger partial charge < -0.3 is 5.73 Å². The Morgan fingerprint density at radius 2 is 1.75 bits per heavy atom. The molecule has 0 amide bonds. The highest BCUT2D eigenvalue weighted by atomic mass is 35.5. The molecule has 72 valence electrons. The number of nitrogens with two attached hydrogens (primary N) is 1. The Morgan fingerprint density at radius 1 is 1.08 bits per heavy atom. The van der Waals surface area contributed by atoms with E-state index in [1.807, 2.05) is 0 Å². The van der Waals surface area contributed by atoms with E-state index in [0.29, 0.717) is 0 Å². The van der Waals surface area contributed by atoms with Crippen LogP contribution in [0.25, 0.3) is 0 Å². The average molecular weight is 190 g/mol. The Bertz CT molecular complexity index is 130. The average Bonchev–Trinajstić information content (AvgIpc) is 1.81. The Balaban J connectivity index is 0.000000720. The molecule has 0 aromatic carbocycles. The van der Waals surface area contributed by atoms with E-state index >= 15 is 0 Å². The summed E-state index contributed by atoms with van der Waals surface area (Å²) in [5, 5.41) is 0. The predicted octanol–water partition coefficient (Wildman–Crippen LogP) is 2.73. The van der Waals surface area contributed by atoms with Crippen LogP contribution < -0.4 is 5.73 Å². The molecule has 0 radical (unpaired) electrons. The summed E-state index contributed by atoms with van der Waals surface area (Å²) in [5.41, 5.74) is 6.31. The second-order valence-electron chi connectivity index (χ2n) is 4.58. The first-order valence-corrected chi connectivity index (χ1v) is 5.05. The minimum Gasteiger partial charge on any atom is -0.330 e. The summed E-state index contributed by atoms with van der Waals surface area (Å²) in [4.78, 5) is 0. The zero-order valence-corrected chi connectivity index (χ0v) is 8.54. The highest BCUT2D eigenvalue weighted by Crippen LogP contribution is 2.66. The van der Waals surface area contributed by atoms with Crippen molar-refractivity contribution in [1.29, 1.82) is 0 Å². The SMILES string of the molecule is Cl.NCCCCCC12CC(C1)C2. The Labute approximate surface area is 81.5 Å². The summed E-state index contributed by atoms with van der Waals surface area (Å²) >= 11 is 0. The number of hydrogen-bond acceptors (Lipinski definition) is 1. The molecule has 1 nitrogen and oxygen atoms in total. The van der Waals surface area contributed by atoms with E-state index in [1.54, 1.807) is 19.3 Å². The van der Waals surface area contributed by atoms with Gasteiger partial charge in [0.1, 0.15) is 0 Å². The molecule has 0 atom stereocenters. The molecular formula is C10H20ClN. The van der Waals surface area contributed by atoms with Crippen molar-refractivity contribution in [3.8, 4) is 0 Å². The molecule has 3 saturated carbocycles. The number of rotatable bonds is 5. The molecule has 2 heteroatoms. The van der Waals surface area contributed by atoms with Crippen LogP contribution in [0.5, 0.6) is 0 Å². The molecule has 0 aliphatic heterocycles. The molecule has 0 aromatic rings. The topological polar surface area (TPSA) is 26.0 Å². The lowest BCUT2D eigenvalue weighted by atomic mass is 9.43. The fourth-order valence-corrected chi connectivity index (χ4v) is 2.79. The Morgan fingerprint density at radius 3 is 2.17 bits per heavy atom. The number of hydrogen-bond donors (Lipinski definition) is 1. The van der Waals surface area contributed by atoms with Gasteiger partial charge >= 0.3 is 0 Å². The Hall–Kier alpha value is 0.250. The number of unbranched alkanes of at least 4 members (excludes halogenated alkanes) is 2. The van der Waals surface area contributed by atoms with Crippen molar-refractivity contribution >= 4 is 12.4 Å². The molecule has 0 saturated heterocycles. The minimum atomic E-state index is 0. The standard InChI is InChI=1S/C10H19N.ClH/c11-5-3-1-2-4-10-6-9(7-10)8-10;/h9H,1-8,11H2;1H. The van der Waals surface area contributed by atoms with Gasteiger partial charge in [0.05, 0.1) is 0 Å². The largest absolute Gasteiger partial charge is 0.330 e. The molecule has 12 heavy (non-hydrogen) atoms. The van der Waals surface area contributed by atoms with Crippen LogP contribution in [0, 0.1) is 11.3 Å². The van der Waals surface area contributed by atoms with Gasteiger partial charge in [0.2, 0.25) is 0 Å². The van der Waals surface area contributed by atoms with Gasteiger partial charge in [-0.1, -0.05) is 12.8 Å². The third-order valence-corrected chi connectivity index (χ3v) is 3.58. The summed E-state index contributed by atoms with van der Waals surface area (Å²) in [7, 11) is 0. The van der Waals surface area contributed by atoms with Crippen LogP contribution in [-0.4, -0.2) is 6.54 Å². The minimum absolute atomic E-state index is 0. The summed E-state index contributed by atoms with van der Waals surface area (Å²) in [6.45, 7) is 0.885. The van der Waals surface area contributed by atoms with Crippen LogP contribution >= 0.6 is 12.4 Å². The Kier molecular flexibility index (Phi) is 3.42. The van der Waals surface area contributed by atoms with E-state index in [4.69, 9.17) is 5.73 Å². The highest BCUT2D eigenvalue weighted by Gasteiger charge is 2.55. The van der Waals surface area contributed by atoms with Crippen molar-refractivity contribution < 1.29 is 0 Å². The van der Waals surface area contributed by atoms with Crippen LogP contribution in [0.2, 0.25) is 0 Å². The highest BCUT2D eigenvalue weighted by molar-refractivity contribution is 5.85. The normalized spacial score (nSPS) is 36.2. The van der Waals surface area contributed by atoms with E-state index in [2.05, 4.69) is 0 Å². The quantitative estimate of drug-likeness (QED) is 0.662. The van der Waals surface area contributed by atoms with Gasteiger partial charge in [-0.2, -0.15) is 0 Å². The molecule has 3 aliphatic rings. The molecule has 0 heterocycles. The fraction of sp³-hybridized carbons (Fsp3) is 1.00. The van der Waals surface area contributed by atoms with Gasteiger partial charge in [0, 0.05) is 0 Å². The van der Waals surface area contributed by atoms with Crippen molar-refractivity contribution in [3.63, 3.8) is 0 Å². The number of halogens is 1. The van der Waals surface area contributed by atoms with Crippen LogP contribution in [0.3, 0.4) is 0 Å². The van der Waals surface area contributed by atoms with Crippen molar-refractivity contribution in [2.45, 2.75) is 44.9 Å². The fourth-order valence-electron chi connectivity index (χ4n) is 2.79. The van der Waals surface area contributed by atoms with Crippen molar-refractivity contribution in [2.24, 2.45) is 17.1 Å². The summed E-state index contributed by atoms with van der Waals surface area (Å²) in [5.74, 6) is 1.16. The van der Waals surface area contributed by atoms with Crippen molar-refractivity contribution in [2.75, 3.05) is 6.54 Å². The van der Waals surface area contributed by atoms with Gasteiger partial charge in [0.15, 0.2) is 0 Å². The molecule has 0 spiro atoms. The maximum atomic E-state index is 5.43. The van der Waals surface area contributed by atoms with Gasteiger partial charge in [-0.15, -0.1) is 12.4 Å². The molecule has 3 rings (SSSR count). The first-order chi connectivity index (χ1) is 5.35. The summed E-state index contributed by atoms with van der Waals surface area (Å²) < 4.78 is 0. The lowest BCUT2D eigenvalue weighted by Gasteiger charge is -2.62. The predicted molar refractivity (Wildman–Crippen MR) is 54.5 cm³/mol. The summed E-state index contributed by atoms with van der Waals surface area (Å²) in [6.07, 6.45) is 10.2. The second-order valence-corrected chi connectivity index (χ2v) is 4.58. The van der Waals surface area contributed by atoms with Crippen LogP contribution in [-0.2, 0) is 0 Å². The van der Waals surface area contributed by atoms with Gasteiger partial charge in [-0.25, -0.2) is 0 Å². The van der Waals surface area contributed by atoms with E-state index in [9.17, 15) is 0 Å². The maximum absolute atomic E-state index is 5.43. The lowest BCUT2D eigenvalue weighted by molar-refractivity contribution is -0.113. The monoisotopic (exact) mass is 189 g/mol. The molecule has 2 N–H and O–H groups in total. The molecule has 3 aliphatic carbocycles. The molecule has 0 aromatic heterocycles. The van der Waals surface area contributed by atoms with Crippen LogP contribution in [0.1, 0.15) is 44.9 Å². The van der Waals surface area contributed by atoms with Gasteiger partial charge in [-0.3, -0.25) is 0 Å². The first-order valence-electron chi connectivity index (χ1n) is 5.05. The van der Waals surface area contributed by atoms with Crippen LogP contribution in [0.4, 0.5) is 0 Å². The third-order valence-electron chi connectivity index (χ3n) is 3.58. The van der Waals surface area contributed by atoms with Crippen LogP contribution in [0.15, 0.2) is 0 Å². The third kappa shape index (κ3) is 1.77. The molecule has 0 unspecified atom stereocenters. The zero-order chi connectivity index (χ0) is 7.73. The summed E-state index contributed by atoms with van der Waals surface area (Å²) in [6, 6.07) is 0. The van der Waals surface area contributed by atoms with Crippen molar-refractivity contribution in [1.82, 2.24) is 0 Å². The second kappa shape index (κ2) is 3.97. The smallest absolute Gasteiger partial charge is 0.00773 e. The molecule has 3 fully saturated rings. The van der Waals surface area contributed by atoms with E-state index in [0.717, 1.165) is 17.9 Å². The molecule has 2 bridgehead atoms. The van der Waals surface area contributed by atoms with Gasteiger partial charge in [-0.05, 0) is 50.0 Å². The van der Waals surface area contributed by atoms with E-state index < -0.39 is 0 Å². The first kappa shape index (κ1) is 10.3. The van der Waals surface area contributed by atoms with Gasteiger partial charge in [0.25, 0.3) is 0 Å². The maximum Gasteiger partial charge on any atom is -0.00773 e. The van der Waals surface area contributed by atoms with Crippen molar-refractivity contribution in [3.05, 3.63) is 0 Å². The lowest BCUT2D eigenvalue weighted by Crippen LogP contribution is -2.51. The molecular weight excluding hydrogens is 170 g/mol.